The summed E-state index contributed by atoms with van der Waals surface area (Å²) in [5.41, 5.74) is 0.482. The molecule has 0 radical (unpaired) electrons. The Morgan fingerprint density at radius 1 is 1.31 bits per heavy atom. The molecule has 2 rings (SSSR count). The summed E-state index contributed by atoms with van der Waals surface area (Å²) in [5, 5.41) is 21.4. The number of phenolic OH excluding ortho intramolecular Hbond substituents is 1. The van der Waals surface area contributed by atoms with Crippen LogP contribution in [0.25, 0.3) is 10.9 Å². The van der Waals surface area contributed by atoms with E-state index in [0.29, 0.717) is 10.9 Å². The molecule has 0 spiro atoms. The largest absolute Gasteiger partial charge is 0.508 e. The van der Waals surface area contributed by atoms with E-state index in [0.717, 1.165) is 0 Å². The first-order chi connectivity index (χ1) is 6.22. The van der Waals surface area contributed by atoms with Crippen molar-refractivity contribution in [3.63, 3.8) is 0 Å². The molecule has 1 aromatic carbocycles. The third-order valence-electron chi connectivity index (χ3n) is 1.83. The van der Waals surface area contributed by atoms with Crippen LogP contribution in [0.5, 0.6) is 11.6 Å². The summed E-state index contributed by atoms with van der Waals surface area (Å²) in [6.07, 6.45) is 0. The molecule has 2 aromatic rings. The van der Waals surface area contributed by atoms with Gasteiger partial charge in [-0.1, -0.05) is 0 Å². The number of rotatable bonds is 1. The molecule has 0 aliphatic rings. The summed E-state index contributed by atoms with van der Waals surface area (Å²) in [7, 11) is 0. The Kier molecular flexibility index (Phi) is 1.45. The maximum atomic E-state index is 10.3. The highest BCUT2D eigenvalue weighted by Gasteiger charge is 2.11. The molecule has 5 nitrogen and oxygen atoms in total. The van der Waals surface area contributed by atoms with Crippen LogP contribution in [0.1, 0.15) is 0 Å². The normalized spacial score (nSPS) is 10.5. The van der Waals surface area contributed by atoms with Crippen molar-refractivity contribution < 1.29 is 10.2 Å². The van der Waals surface area contributed by atoms with E-state index >= 15 is 0 Å². The van der Waals surface area contributed by atoms with Gasteiger partial charge in [0.25, 0.3) is 0 Å². The maximum Gasteiger partial charge on any atom is 0.219 e. The number of aromatic hydroxyl groups is 2. The number of nitrogens with zero attached hydrogens (tertiary/aromatic N) is 1. The maximum absolute atomic E-state index is 10.3. The zero-order valence-corrected chi connectivity index (χ0v) is 6.48. The van der Waals surface area contributed by atoms with E-state index in [9.17, 15) is 10.0 Å². The predicted octanol–water partition coefficient (Wildman–Crippen LogP) is 1.98. The van der Waals surface area contributed by atoms with Crippen molar-refractivity contribution in [1.29, 1.82) is 0 Å². The van der Waals surface area contributed by atoms with Crippen molar-refractivity contribution in [3.05, 3.63) is 23.1 Å². The summed E-state index contributed by atoms with van der Waals surface area (Å²) in [6.45, 7) is 0. The van der Waals surface area contributed by atoms with Crippen LogP contribution >= 0.6 is 0 Å². The molecule has 0 aliphatic heterocycles. The highest BCUT2D eigenvalue weighted by atomic mass is 16.3. The lowest BCUT2D eigenvalue weighted by Crippen LogP contribution is -1.66. The fourth-order valence-electron chi connectivity index (χ4n) is 1.24. The zero-order valence-electron chi connectivity index (χ0n) is 6.48. The minimum Gasteiger partial charge on any atom is -0.508 e. The van der Waals surface area contributed by atoms with E-state index in [2.05, 4.69) is 10.2 Å². The second kappa shape index (κ2) is 2.48. The van der Waals surface area contributed by atoms with Gasteiger partial charge in [0.2, 0.25) is 5.88 Å². The van der Waals surface area contributed by atoms with Gasteiger partial charge < -0.3 is 15.2 Å². The molecule has 0 bridgehead atoms. The average molecular weight is 178 g/mol. The molecule has 3 N–H and O–H groups in total. The van der Waals surface area contributed by atoms with Crippen LogP contribution < -0.4 is 0 Å². The minimum absolute atomic E-state index is 0.0244. The first kappa shape index (κ1) is 7.60. The lowest BCUT2D eigenvalue weighted by atomic mass is 10.2. The smallest absolute Gasteiger partial charge is 0.219 e. The van der Waals surface area contributed by atoms with Crippen molar-refractivity contribution >= 4 is 16.6 Å². The monoisotopic (exact) mass is 178 g/mol. The van der Waals surface area contributed by atoms with E-state index in [4.69, 9.17) is 5.11 Å². The molecule has 0 aliphatic carbocycles. The number of nitrogens with one attached hydrogen (secondary N) is 1. The number of hydrogen-bond donors (Lipinski definition) is 3. The predicted molar refractivity (Wildman–Crippen MR) is 47.1 cm³/mol. The van der Waals surface area contributed by atoms with Crippen LogP contribution in [0, 0.1) is 4.91 Å². The molecule has 0 unspecified atom stereocenters. The molecule has 66 valence electrons. The SMILES string of the molecule is O=Nc1c(O)[nH]c2ccc(O)cc12. The third kappa shape index (κ3) is 1.01. The fraction of sp³-hybridized carbons (Fsp3) is 0. The van der Waals surface area contributed by atoms with E-state index in [1.165, 1.54) is 12.1 Å². The molecule has 0 saturated heterocycles. The Labute approximate surface area is 72.6 Å². The number of phenols is 1. The van der Waals surface area contributed by atoms with Gasteiger partial charge >= 0.3 is 0 Å². The minimum atomic E-state index is -0.282. The first-order valence-electron chi connectivity index (χ1n) is 3.59. The number of hydrogen-bond acceptors (Lipinski definition) is 4. The molecule has 1 heterocycles. The molecule has 13 heavy (non-hydrogen) atoms. The van der Waals surface area contributed by atoms with Gasteiger partial charge in [0.1, 0.15) is 5.75 Å². The van der Waals surface area contributed by atoms with Gasteiger partial charge in [0.15, 0.2) is 5.69 Å². The summed E-state index contributed by atoms with van der Waals surface area (Å²) in [6, 6.07) is 4.37. The third-order valence-corrected chi connectivity index (χ3v) is 1.83. The Morgan fingerprint density at radius 3 is 2.77 bits per heavy atom. The number of aromatic amines is 1. The van der Waals surface area contributed by atoms with Crippen LogP contribution in [-0.4, -0.2) is 15.2 Å². The molecule has 5 heteroatoms. The fourth-order valence-corrected chi connectivity index (χ4v) is 1.24. The molecular formula is C8H6N2O3. The molecule has 0 amide bonds. The summed E-state index contributed by atoms with van der Waals surface area (Å²) >= 11 is 0. The van der Waals surface area contributed by atoms with E-state index in [-0.39, 0.29) is 17.3 Å². The molecule has 1 aromatic heterocycles. The van der Waals surface area contributed by atoms with Gasteiger partial charge in [-0.05, 0) is 23.4 Å². The van der Waals surface area contributed by atoms with Crippen molar-refractivity contribution in [2.24, 2.45) is 5.18 Å². The number of benzene rings is 1. The summed E-state index contributed by atoms with van der Waals surface area (Å²) < 4.78 is 0. The van der Waals surface area contributed by atoms with Gasteiger partial charge in [-0.25, -0.2) is 0 Å². The second-order valence-electron chi connectivity index (χ2n) is 2.64. The standard InChI is InChI=1S/C8H6N2O3/c11-4-1-2-6-5(3-4)7(10-13)8(12)9-6/h1-3,9,11-12H. The molecule has 0 fully saturated rings. The van der Waals surface area contributed by atoms with Crippen molar-refractivity contribution in [1.82, 2.24) is 4.98 Å². The van der Waals surface area contributed by atoms with Crippen LogP contribution in [0.3, 0.4) is 0 Å². The topological polar surface area (TPSA) is 85.7 Å². The van der Waals surface area contributed by atoms with Crippen molar-refractivity contribution in [2.45, 2.75) is 0 Å². The lowest BCUT2D eigenvalue weighted by Gasteiger charge is -1.90. The summed E-state index contributed by atoms with van der Waals surface area (Å²) in [4.78, 5) is 12.9. The van der Waals surface area contributed by atoms with Crippen molar-refractivity contribution in [3.8, 4) is 11.6 Å². The second-order valence-corrected chi connectivity index (χ2v) is 2.64. The number of aromatic nitrogens is 1. The Hall–Kier alpha value is -2.04. The van der Waals surface area contributed by atoms with Gasteiger partial charge in [0, 0.05) is 5.39 Å². The van der Waals surface area contributed by atoms with E-state index in [1.807, 2.05) is 0 Å². The first-order valence-corrected chi connectivity index (χ1v) is 3.59. The van der Waals surface area contributed by atoms with Gasteiger partial charge in [-0.3, -0.25) is 0 Å². The number of H-pyrrole nitrogens is 1. The highest BCUT2D eigenvalue weighted by molar-refractivity contribution is 5.95. The van der Waals surface area contributed by atoms with Crippen molar-refractivity contribution in [2.75, 3.05) is 0 Å². The van der Waals surface area contributed by atoms with E-state index in [1.54, 1.807) is 6.07 Å². The van der Waals surface area contributed by atoms with Crippen LogP contribution in [0.2, 0.25) is 0 Å². The zero-order chi connectivity index (χ0) is 9.42. The van der Waals surface area contributed by atoms with Crippen LogP contribution in [0.15, 0.2) is 23.4 Å². The molecule has 0 saturated carbocycles. The highest BCUT2D eigenvalue weighted by Crippen LogP contribution is 2.36. The molecule has 0 atom stereocenters. The van der Waals surface area contributed by atoms with E-state index < -0.39 is 0 Å². The number of fused-ring (bicyclic) bond motifs is 1. The Balaban J connectivity index is 2.88. The number of nitroso groups, excluding NO2 is 1. The lowest BCUT2D eigenvalue weighted by molar-refractivity contribution is 0.460. The average Bonchev–Trinajstić information content (AvgIpc) is 2.40. The molecular weight excluding hydrogens is 172 g/mol. The quantitative estimate of drug-likeness (QED) is 0.583. The Morgan fingerprint density at radius 2 is 2.08 bits per heavy atom. The summed E-state index contributed by atoms with van der Waals surface area (Å²) in [5.74, 6) is -0.257. The van der Waals surface area contributed by atoms with Gasteiger partial charge in [-0.2, -0.15) is 0 Å². The van der Waals surface area contributed by atoms with Crippen LogP contribution in [-0.2, 0) is 0 Å². The van der Waals surface area contributed by atoms with Gasteiger partial charge in [0.05, 0.1) is 5.52 Å². The van der Waals surface area contributed by atoms with Gasteiger partial charge in [-0.15, -0.1) is 4.91 Å². The van der Waals surface area contributed by atoms with Crippen LogP contribution in [0.4, 0.5) is 5.69 Å². The Bertz CT molecular complexity index is 475.